The van der Waals surface area contributed by atoms with Crippen LogP contribution in [-0.2, 0) is 4.79 Å². The molecule has 1 fully saturated rings. The van der Waals surface area contributed by atoms with Crippen molar-refractivity contribution in [2.45, 2.75) is 12.8 Å². The summed E-state index contributed by atoms with van der Waals surface area (Å²) in [6.07, 6.45) is 7.51. The number of rotatable bonds is 3. The van der Waals surface area contributed by atoms with Gasteiger partial charge in [0, 0.05) is 17.5 Å². The number of carbonyl (C=O) groups is 1. The molecule has 1 heterocycles. The van der Waals surface area contributed by atoms with Crippen LogP contribution in [0.5, 0.6) is 0 Å². The lowest BCUT2D eigenvalue weighted by Gasteiger charge is -2.00. The van der Waals surface area contributed by atoms with Crippen LogP contribution in [0.2, 0.25) is 0 Å². The number of ketones is 1. The maximum absolute atomic E-state index is 11.6. The lowest BCUT2D eigenvalue weighted by atomic mass is 10.1. The molecule has 2 heteroatoms. The van der Waals surface area contributed by atoms with Gasteiger partial charge >= 0.3 is 0 Å². The molecule has 84 valence electrons. The van der Waals surface area contributed by atoms with E-state index in [9.17, 15) is 4.79 Å². The van der Waals surface area contributed by atoms with Crippen LogP contribution in [0, 0.1) is 5.92 Å². The van der Waals surface area contributed by atoms with Gasteiger partial charge in [-0.25, -0.2) is 0 Å². The average molecular weight is 223 g/mol. The molecular weight excluding hydrogens is 210 g/mol. The number of hydrogen-bond donors (Lipinski definition) is 0. The predicted molar refractivity (Wildman–Crippen MR) is 68.5 cm³/mol. The van der Waals surface area contributed by atoms with Crippen LogP contribution in [0.4, 0.5) is 0 Å². The standard InChI is InChI=1S/C15H13NO/c17-15(12-5-6-12)8-7-11-9-10-16-14-4-2-1-3-13(11)14/h1-4,7-10,12H,5-6H2/b8-7+. The highest BCUT2D eigenvalue weighted by atomic mass is 16.1. The van der Waals surface area contributed by atoms with Crippen LogP contribution in [0.15, 0.2) is 42.6 Å². The van der Waals surface area contributed by atoms with Crippen LogP contribution in [0.25, 0.3) is 17.0 Å². The highest BCUT2D eigenvalue weighted by Gasteiger charge is 2.27. The molecule has 0 spiro atoms. The van der Waals surface area contributed by atoms with E-state index in [2.05, 4.69) is 4.98 Å². The van der Waals surface area contributed by atoms with Crippen LogP contribution < -0.4 is 0 Å². The van der Waals surface area contributed by atoms with E-state index < -0.39 is 0 Å². The molecule has 0 amide bonds. The number of pyridine rings is 1. The molecule has 1 aromatic heterocycles. The summed E-state index contributed by atoms with van der Waals surface area (Å²) < 4.78 is 0. The van der Waals surface area contributed by atoms with Gasteiger partial charge in [0.2, 0.25) is 0 Å². The van der Waals surface area contributed by atoms with E-state index in [0.717, 1.165) is 29.3 Å². The minimum absolute atomic E-state index is 0.255. The van der Waals surface area contributed by atoms with Crippen molar-refractivity contribution in [3.05, 3.63) is 48.2 Å². The van der Waals surface area contributed by atoms with Crippen molar-refractivity contribution in [3.63, 3.8) is 0 Å². The second-order valence-electron chi connectivity index (χ2n) is 4.43. The lowest BCUT2D eigenvalue weighted by molar-refractivity contribution is -0.115. The van der Waals surface area contributed by atoms with E-state index in [4.69, 9.17) is 0 Å². The van der Waals surface area contributed by atoms with Gasteiger partial charge in [-0.15, -0.1) is 0 Å². The molecule has 1 aliphatic carbocycles. The minimum atomic E-state index is 0.255. The van der Waals surface area contributed by atoms with Crippen molar-refractivity contribution in [3.8, 4) is 0 Å². The number of aromatic nitrogens is 1. The van der Waals surface area contributed by atoms with Gasteiger partial charge in [-0.1, -0.05) is 24.3 Å². The van der Waals surface area contributed by atoms with Gasteiger partial charge in [0.05, 0.1) is 5.52 Å². The first-order chi connectivity index (χ1) is 8.34. The Hall–Kier alpha value is -1.96. The van der Waals surface area contributed by atoms with Gasteiger partial charge in [0.25, 0.3) is 0 Å². The fourth-order valence-electron chi connectivity index (χ4n) is 1.94. The van der Waals surface area contributed by atoms with Gasteiger partial charge < -0.3 is 0 Å². The van der Waals surface area contributed by atoms with E-state index in [1.807, 2.05) is 36.4 Å². The highest BCUT2D eigenvalue weighted by molar-refractivity contribution is 5.99. The molecule has 0 aliphatic heterocycles. The maximum Gasteiger partial charge on any atom is 0.158 e. The van der Waals surface area contributed by atoms with Gasteiger partial charge in [0.1, 0.15) is 0 Å². The van der Waals surface area contributed by atoms with Gasteiger partial charge in [0.15, 0.2) is 5.78 Å². The Morgan fingerprint density at radius 3 is 2.88 bits per heavy atom. The Morgan fingerprint density at radius 1 is 1.24 bits per heavy atom. The fourth-order valence-corrected chi connectivity index (χ4v) is 1.94. The summed E-state index contributed by atoms with van der Waals surface area (Å²) in [5.74, 6) is 0.547. The average Bonchev–Trinajstić information content (AvgIpc) is 3.20. The van der Waals surface area contributed by atoms with Crippen molar-refractivity contribution >= 4 is 22.8 Å². The molecule has 0 saturated heterocycles. The van der Waals surface area contributed by atoms with Crippen molar-refractivity contribution in [2.75, 3.05) is 0 Å². The number of para-hydroxylation sites is 1. The molecular formula is C15H13NO. The summed E-state index contributed by atoms with van der Waals surface area (Å²) in [4.78, 5) is 15.9. The van der Waals surface area contributed by atoms with E-state index in [1.54, 1.807) is 12.3 Å². The Labute approximate surface area is 100.0 Å². The largest absolute Gasteiger partial charge is 0.295 e. The second-order valence-corrected chi connectivity index (χ2v) is 4.43. The summed E-state index contributed by atoms with van der Waals surface area (Å²) in [5.41, 5.74) is 2.03. The molecule has 3 rings (SSSR count). The third-order valence-electron chi connectivity index (χ3n) is 3.09. The highest BCUT2D eigenvalue weighted by Crippen LogP contribution is 2.30. The second kappa shape index (κ2) is 4.13. The zero-order valence-corrected chi connectivity index (χ0v) is 9.47. The molecule has 0 N–H and O–H groups in total. The zero-order chi connectivity index (χ0) is 11.7. The van der Waals surface area contributed by atoms with Crippen molar-refractivity contribution in [2.24, 2.45) is 5.92 Å². The Kier molecular flexibility index (Phi) is 2.48. The number of allylic oxidation sites excluding steroid dienone is 1. The molecule has 0 bridgehead atoms. The number of benzene rings is 1. The Bertz CT molecular complexity index is 591. The topological polar surface area (TPSA) is 30.0 Å². The van der Waals surface area contributed by atoms with Gasteiger partial charge in [-0.3, -0.25) is 9.78 Å². The monoisotopic (exact) mass is 223 g/mol. The smallest absolute Gasteiger partial charge is 0.158 e. The molecule has 1 saturated carbocycles. The van der Waals surface area contributed by atoms with Gasteiger partial charge in [-0.05, 0) is 36.6 Å². The summed E-state index contributed by atoms with van der Waals surface area (Å²) in [6.45, 7) is 0. The van der Waals surface area contributed by atoms with Crippen molar-refractivity contribution < 1.29 is 4.79 Å². The SMILES string of the molecule is O=C(/C=C/c1ccnc2ccccc12)C1CC1. The quantitative estimate of drug-likeness (QED) is 0.748. The first-order valence-electron chi connectivity index (χ1n) is 5.90. The minimum Gasteiger partial charge on any atom is -0.295 e. The number of fused-ring (bicyclic) bond motifs is 1. The van der Waals surface area contributed by atoms with E-state index in [-0.39, 0.29) is 5.78 Å². The summed E-state index contributed by atoms with van der Waals surface area (Å²) >= 11 is 0. The van der Waals surface area contributed by atoms with E-state index in [1.165, 1.54) is 0 Å². The zero-order valence-electron chi connectivity index (χ0n) is 9.47. The van der Waals surface area contributed by atoms with Crippen molar-refractivity contribution in [1.29, 1.82) is 0 Å². The molecule has 1 aromatic carbocycles. The number of nitrogens with zero attached hydrogens (tertiary/aromatic N) is 1. The molecule has 2 aromatic rings. The number of hydrogen-bond acceptors (Lipinski definition) is 2. The Balaban J connectivity index is 1.96. The van der Waals surface area contributed by atoms with E-state index in [0.29, 0.717) is 5.92 Å². The first-order valence-corrected chi connectivity index (χ1v) is 5.90. The molecule has 1 aliphatic rings. The lowest BCUT2D eigenvalue weighted by Crippen LogP contribution is -1.93. The number of carbonyl (C=O) groups excluding carboxylic acids is 1. The molecule has 2 nitrogen and oxygen atoms in total. The first kappa shape index (κ1) is 10.2. The van der Waals surface area contributed by atoms with Crippen molar-refractivity contribution in [1.82, 2.24) is 4.98 Å². The summed E-state index contributed by atoms with van der Waals surface area (Å²) in [5, 5.41) is 1.09. The Morgan fingerprint density at radius 2 is 2.06 bits per heavy atom. The molecule has 0 atom stereocenters. The van der Waals surface area contributed by atoms with Gasteiger partial charge in [-0.2, -0.15) is 0 Å². The molecule has 0 unspecified atom stereocenters. The summed E-state index contributed by atoms with van der Waals surface area (Å²) in [6, 6.07) is 9.92. The third kappa shape index (κ3) is 2.11. The predicted octanol–water partition coefficient (Wildman–Crippen LogP) is 3.23. The summed E-state index contributed by atoms with van der Waals surface area (Å²) in [7, 11) is 0. The van der Waals surface area contributed by atoms with Crippen LogP contribution in [0.3, 0.4) is 0 Å². The normalized spacial score (nSPS) is 15.5. The maximum atomic E-state index is 11.6. The van der Waals surface area contributed by atoms with Crippen LogP contribution in [-0.4, -0.2) is 10.8 Å². The third-order valence-corrected chi connectivity index (χ3v) is 3.09. The molecule has 0 radical (unpaired) electrons. The molecule has 17 heavy (non-hydrogen) atoms. The van der Waals surface area contributed by atoms with Crippen LogP contribution in [0.1, 0.15) is 18.4 Å². The van der Waals surface area contributed by atoms with Crippen LogP contribution >= 0.6 is 0 Å². The fraction of sp³-hybridized carbons (Fsp3) is 0.200. The van der Waals surface area contributed by atoms with E-state index >= 15 is 0 Å².